The van der Waals surface area contributed by atoms with Crippen LogP contribution in [0.15, 0.2) is 30.9 Å². The molecule has 0 aliphatic carbocycles. The number of likely N-dealkylation sites (tertiary alicyclic amines) is 1. The molecule has 6 atom stereocenters. The maximum atomic E-state index is 14.5. The Morgan fingerprint density at radius 2 is 2.00 bits per heavy atom. The van der Waals surface area contributed by atoms with Crippen molar-refractivity contribution >= 4 is 23.5 Å². The van der Waals surface area contributed by atoms with Crippen molar-refractivity contribution in [3.63, 3.8) is 0 Å². The molecule has 8 nitrogen and oxygen atoms in total. The minimum Gasteiger partial charge on any atom is -0.466 e. The van der Waals surface area contributed by atoms with Crippen LogP contribution in [0.1, 0.15) is 44.7 Å². The summed E-state index contributed by atoms with van der Waals surface area (Å²) >= 11 is 0. The number of hydrogen-bond donors (Lipinski definition) is 1. The lowest BCUT2D eigenvalue weighted by Gasteiger charge is -2.38. The zero-order valence-electron chi connectivity index (χ0n) is 22.0. The molecule has 3 saturated heterocycles. The van der Waals surface area contributed by atoms with Crippen LogP contribution in [0.3, 0.4) is 0 Å². The second-order valence-corrected chi connectivity index (χ2v) is 10.5. The number of ether oxygens (including phenoxy) is 2. The summed E-state index contributed by atoms with van der Waals surface area (Å²) in [5.41, 5.74) is 0.602. The molecule has 2 amide bonds. The fourth-order valence-electron chi connectivity index (χ4n) is 6.89. The van der Waals surface area contributed by atoms with Gasteiger partial charge in [0.25, 0.3) is 5.91 Å². The lowest BCUT2D eigenvalue weighted by molar-refractivity contribution is -0.161. The predicted octanol–water partition coefficient (Wildman–Crippen LogP) is 2.78. The summed E-state index contributed by atoms with van der Waals surface area (Å²) in [6.45, 7) is 13.9. The Labute approximate surface area is 213 Å². The Kier molecular flexibility index (Phi) is 7.05. The number of amides is 2. The summed E-state index contributed by atoms with van der Waals surface area (Å²) < 4.78 is 12.1. The fraction of sp³-hybridized carbons (Fsp3) is 0.607. The van der Waals surface area contributed by atoms with Gasteiger partial charge in [-0.3, -0.25) is 14.4 Å². The van der Waals surface area contributed by atoms with Gasteiger partial charge in [0.2, 0.25) is 5.91 Å². The lowest BCUT2D eigenvalue weighted by atomic mass is 9.62. The number of rotatable bonds is 9. The Bertz CT molecular complexity index is 1050. The van der Waals surface area contributed by atoms with Gasteiger partial charge in [-0.25, -0.2) is 0 Å². The third-order valence-corrected chi connectivity index (χ3v) is 8.43. The van der Waals surface area contributed by atoms with Gasteiger partial charge in [-0.2, -0.15) is 0 Å². The molecular weight excluding hydrogens is 460 g/mol. The van der Waals surface area contributed by atoms with E-state index in [1.54, 1.807) is 17.9 Å². The van der Waals surface area contributed by atoms with Crippen molar-refractivity contribution in [1.29, 1.82) is 0 Å². The summed E-state index contributed by atoms with van der Waals surface area (Å²) in [6.07, 6.45) is 2.47. The molecule has 2 bridgehead atoms. The molecule has 196 valence electrons. The number of hydrogen-bond acceptors (Lipinski definition) is 6. The van der Waals surface area contributed by atoms with Crippen LogP contribution < -0.4 is 4.90 Å². The minimum atomic E-state index is -1.15. The first kappa shape index (κ1) is 26.4. The van der Waals surface area contributed by atoms with Crippen LogP contribution in [0.25, 0.3) is 0 Å². The highest BCUT2D eigenvalue weighted by molar-refractivity contribution is 6.05. The molecule has 1 N–H and O–H groups in total. The average molecular weight is 499 g/mol. The third-order valence-electron chi connectivity index (χ3n) is 8.43. The molecule has 8 heteroatoms. The number of aryl methyl sites for hydroxylation is 2. The van der Waals surface area contributed by atoms with Crippen molar-refractivity contribution in [2.24, 2.45) is 17.8 Å². The van der Waals surface area contributed by atoms with E-state index in [1.807, 2.05) is 45.9 Å². The summed E-state index contributed by atoms with van der Waals surface area (Å²) in [6, 6.07) is 4.92. The normalized spacial score (nSPS) is 32.5. The van der Waals surface area contributed by atoms with E-state index in [2.05, 4.69) is 6.58 Å². The molecule has 4 rings (SSSR count). The maximum Gasteiger partial charge on any atom is 0.312 e. The monoisotopic (exact) mass is 498 g/mol. The van der Waals surface area contributed by atoms with Crippen LogP contribution in [0, 0.1) is 31.6 Å². The molecule has 3 fully saturated rings. The Morgan fingerprint density at radius 3 is 2.58 bits per heavy atom. The van der Waals surface area contributed by atoms with E-state index in [4.69, 9.17) is 9.47 Å². The van der Waals surface area contributed by atoms with E-state index in [0.717, 1.165) is 16.8 Å². The van der Waals surface area contributed by atoms with Gasteiger partial charge < -0.3 is 24.4 Å². The highest BCUT2D eigenvalue weighted by atomic mass is 16.6. The number of carbonyl (C=O) groups is 3. The van der Waals surface area contributed by atoms with Crippen LogP contribution in [0.4, 0.5) is 5.69 Å². The molecule has 3 aliphatic heterocycles. The highest BCUT2D eigenvalue weighted by Crippen LogP contribution is 2.65. The molecule has 3 unspecified atom stereocenters. The van der Waals surface area contributed by atoms with E-state index in [-0.39, 0.29) is 44.0 Å². The first-order valence-corrected chi connectivity index (χ1v) is 12.9. The van der Waals surface area contributed by atoms with Crippen LogP contribution in [-0.2, 0) is 23.9 Å². The van der Waals surface area contributed by atoms with E-state index >= 15 is 0 Å². The van der Waals surface area contributed by atoms with Crippen LogP contribution in [-0.4, -0.2) is 71.3 Å². The van der Waals surface area contributed by atoms with E-state index in [1.165, 1.54) is 4.90 Å². The lowest BCUT2D eigenvalue weighted by Crippen LogP contribution is -2.57. The summed E-state index contributed by atoms with van der Waals surface area (Å²) in [4.78, 5) is 44.9. The van der Waals surface area contributed by atoms with Crippen molar-refractivity contribution in [3.8, 4) is 0 Å². The van der Waals surface area contributed by atoms with Crippen molar-refractivity contribution in [2.75, 3.05) is 31.2 Å². The van der Waals surface area contributed by atoms with Crippen molar-refractivity contribution < 1.29 is 29.0 Å². The van der Waals surface area contributed by atoms with Crippen molar-refractivity contribution in [1.82, 2.24) is 4.90 Å². The molecule has 36 heavy (non-hydrogen) atoms. The van der Waals surface area contributed by atoms with Crippen LogP contribution in [0.2, 0.25) is 0 Å². The maximum absolute atomic E-state index is 14.5. The Morgan fingerprint density at radius 1 is 1.33 bits per heavy atom. The number of benzene rings is 1. The SMILES string of the molecule is C=CCN(C(=O)C1N(CCCO)C(=O)[C@@H]2[C@H](C(=O)OCC)[C@@]3(C)OC12CC3C)c1c(C)cccc1C. The number of esters is 1. The molecular formula is C28H38N2O6. The minimum absolute atomic E-state index is 0.0582. The zero-order valence-corrected chi connectivity index (χ0v) is 22.0. The molecule has 0 radical (unpaired) electrons. The Hall–Kier alpha value is -2.71. The van der Waals surface area contributed by atoms with Gasteiger partial charge in [0.05, 0.1) is 18.1 Å². The van der Waals surface area contributed by atoms with Gasteiger partial charge in [-0.15, -0.1) is 6.58 Å². The third kappa shape index (κ3) is 3.68. The number of aliphatic hydroxyl groups is 1. The van der Waals surface area contributed by atoms with Gasteiger partial charge in [-0.1, -0.05) is 31.2 Å². The molecule has 1 spiro atoms. The van der Waals surface area contributed by atoms with E-state index in [9.17, 15) is 19.5 Å². The smallest absolute Gasteiger partial charge is 0.312 e. The largest absolute Gasteiger partial charge is 0.466 e. The Balaban J connectivity index is 1.86. The molecule has 3 heterocycles. The van der Waals surface area contributed by atoms with Gasteiger partial charge >= 0.3 is 5.97 Å². The van der Waals surface area contributed by atoms with E-state index < -0.39 is 35.0 Å². The standard InChI is InChI=1S/C28H38N2O6/c1-7-13-29(22-17(3)11-9-12-18(22)4)25(33)23-28-16-19(5)27(6,36-28)21(26(34)35-8-2)20(28)24(32)30(23)14-10-15-31/h7,9,11-12,19-21,23,31H,1,8,10,13-16H2,2-6H3/t19?,20-,21+,23?,27-,28?/m0/s1. The van der Waals surface area contributed by atoms with Crippen LogP contribution in [0.5, 0.6) is 0 Å². The van der Waals surface area contributed by atoms with Gasteiger partial charge in [0, 0.05) is 25.4 Å². The fourth-order valence-corrected chi connectivity index (χ4v) is 6.89. The van der Waals surface area contributed by atoms with Gasteiger partial charge in [-0.05, 0) is 57.6 Å². The van der Waals surface area contributed by atoms with Crippen LogP contribution >= 0.6 is 0 Å². The first-order valence-electron chi connectivity index (χ1n) is 12.9. The topological polar surface area (TPSA) is 96.4 Å². The zero-order chi connectivity index (χ0) is 26.4. The highest BCUT2D eigenvalue weighted by Gasteiger charge is 2.80. The average Bonchev–Trinajstić information content (AvgIpc) is 3.33. The van der Waals surface area contributed by atoms with Crippen molar-refractivity contribution in [2.45, 2.75) is 64.7 Å². The number of aliphatic hydroxyl groups excluding tert-OH is 1. The summed E-state index contributed by atoms with van der Waals surface area (Å²) in [7, 11) is 0. The molecule has 1 aromatic rings. The predicted molar refractivity (Wildman–Crippen MR) is 135 cm³/mol. The molecule has 0 aromatic heterocycles. The first-order chi connectivity index (χ1) is 17.1. The second kappa shape index (κ2) is 9.63. The summed E-state index contributed by atoms with van der Waals surface area (Å²) in [5.74, 6) is -2.67. The van der Waals surface area contributed by atoms with Gasteiger partial charge in [0.15, 0.2) is 0 Å². The quantitative estimate of drug-likeness (QED) is 0.416. The molecule has 1 aromatic carbocycles. The number of para-hydroxylation sites is 1. The molecule has 3 aliphatic rings. The number of nitrogens with zero attached hydrogens (tertiary/aromatic N) is 2. The second-order valence-electron chi connectivity index (χ2n) is 10.5. The van der Waals surface area contributed by atoms with E-state index in [0.29, 0.717) is 12.8 Å². The van der Waals surface area contributed by atoms with Crippen molar-refractivity contribution in [3.05, 3.63) is 42.0 Å². The van der Waals surface area contributed by atoms with Gasteiger partial charge in [0.1, 0.15) is 17.6 Å². The number of anilines is 1. The number of fused-ring (bicyclic) bond motifs is 1. The number of carbonyl (C=O) groups excluding carboxylic acids is 3. The summed E-state index contributed by atoms with van der Waals surface area (Å²) in [5, 5.41) is 9.56. The molecule has 0 saturated carbocycles.